The molecule has 1 saturated carbocycles. The molecule has 0 radical (unpaired) electrons. The maximum atomic E-state index is 12.3. The van der Waals surface area contributed by atoms with Crippen molar-refractivity contribution in [3.63, 3.8) is 0 Å². The van der Waals surface area contributed by atoms with Gasteiger partial charge in [0.15, 0.2) is 0 Å². The van der Waals surface area contributed by atoms with E-state index < -0.39 is 0 Å². The molecule has 1 heterocycles. The summed E-state index contributed by atoms with van der Waals surface area (Å²) in [7, 11) is 0. The summed E-state index contributed by atoms with van der Waals surface area (Å²) in [6.07, 6.45) is 2.33. The second kappa shape index (κ2) is 4.73. The van der Waals surface area contributed by atoms with Crippen LogP contribution in [0.25, 0.3) is 0 Å². The van der Waals surface area contributed by atoms with E-state index in [1.165, 1.54) is 17.5 Å². The molecule has 1 aromatic rings. The quantitative estimate of drug-likeness (QED) is 0.851. The van der Waals surface area contributed by atoms with Crippen molar-refractivity contribution in [2.24, 2.45) is 5.92 Å². The average molecular weight is 244 g/mol. The highest BCUT2D eigenvalue weighted by Crippen LogP contribution is 2.34. The number of hydrogen-bond donors (Lipinski definition) is 2. The fourth-order valence-corrected chi connectivity index (χ4v) is 2.89. The number of carbonyl (C=O) groups is 1. The van der Waals surface area contributed by atoms with E-state index in [4.69, 9.17) is 0 Å². The molecule has 0 spiro atoms. The van der Waals surface area contributed by atoms with Crippen LogP contribution in [-0.4, -0.2) is 18.5 Å². The topological polar surface area (TPSA) is 41.1 Å². The Balaban J connectivity index is 1.71. The standard InChI is InChI=1S/C15H20N2O/c1-2-10-7-14(10)17-15(18)13-9-16-8-11-5-3-4-6-12(11)13/h3-6,10,13-14,16H,2,7-9H2,1H3,(H,17,18). The molecule has 3 unspecified atom stereocenters. The number of fused-ring (bicyclic) bond motifs is 1. The van der Waals surface area contributed by atoms with E-state index in [0.717, 1.165) is 19.5 Å². The summed E-state index contributed by atoms with van der Waals surface area (Å²) < 4.78 is 0. The molecule has 1 aliphatic carbocycles. The number of rotatable bonds is 3. The van der Waals surface area contributed by atoms with Crippen LogP contribution in [0.2, 0.25) is 0 Å². The first-order valence-corrected chi connectivity index (χ1v) is 6.88. The average Bonchev–Trinajstić information content (AvgIpc) is 3.16. The van der Waals surface area contributed by atoms with E-state index in [0.29, 0.717) is 12.0 Å². The van der Waals surface area contributed by atoms with Gasteiger partial charge in [0, 0.05) is 19.1 Å². The van der Waals surface area contributed by atoms with Gasteiger partial charge in [-0.25, -0.2) is 0 Å². The SMILES string of the molecule is CCC1CC1NC(=O)C1CNCc2ccccc21. The second-order valence-corrected chi connectivity index (χ2v) is 5.40. The lowest BCUT2D eigenvalue weighted by Gasteiger charge is -2.25. The molecule has 1 fully saturated rings. The van der Waals surface area contributed by atoms with Gasteiger partial charge in [-0.3, -0.25) is 4.79 Å². The summed E-state index contributed by atoms with van der Waals surface area (Å²) in [5.41, 5.74) is 2.45. The van der Waals surface area contributed by atoms with Crippen LogP contribution in [-0.2, 0) is 11.3 Å². The van der Waals surface area contributed by atoms with Crippen LogP contribution < -0.4 is 10.6 Å². The van der Waals surface area contributed by atoms with E-state index in [1.807, 2.05) is 12.1 Å². The van der Waals surface area contributed by atoms with Gasteiger partial charge in [-0.1, -0.05) is 37.6 Å². The molecule has 2 aliphatic rings. The molecule has 1 aromatic carbocycles. The van der Waals surface area contributed by atoms with Crippen molar-refractivity contribution in [1.29, 1.82) is 0 Å². The Hall–Kier alpha value is -1.35. The van der Waals surface area contributed by atoms with Crippen LogP contribution in [0.4, 0.5) is 0 Å². The third-order valence-corrected chi connectivity index (χ3v) is 4.19. The summed E-state index contributed by atoms with van der Waals surface area (Å²) in [6.45, 7) is 3.82. The fraction of sp³-hybridized carbons (Fsp3) is 0.533. The van der Waals surface area contributed by atoms with Crippen LogP contribution in [0, 0.1) is 5.92 Å². The van der Waals surface area contributed by atoms with Crippen molar-refractivity contribution < 1.29 is 4.79 Å². The Morgan fingerprint density at radius 3 is 3.06 bits per heavy atom. The first-order valence-electron chi connectivity index (χ1n) is 6.88. The number of hydrogen-bond acceptors (Lipinski definition) is 2. The summed E-state index contributed by atoms with van der Waals surface area (Å²) in [5.74, 6) is 0.879. The summed E-state index contributed by atoms with van der Waals surface area (Å²) in [5, 5.41) is 6.52. The van der Waals surface area contributed by atoms with Crippen LogP contribution in [0.5, 0.6) is 0 Å². The lowest BCUT2D eigenvalue weighted by molar-refractivity contribution is -0.122. The van der Waals surface area contributed by atoms with Gasteiger partial charge in [-0.2, -0.15) is 0 Å². The zero-order chi connectivity index (χ0) is 12.5. The van der Waals surface area contributed by atoms with Gasteiger partial charge in [-0.05, 0) is 23.5 Å². The predicted octanol–water partition coefficient (Wildman–Crippen LogP) is 1.79. The number of benzene rings is 1. The zero-order valence-electron chi connectivity index (χ0n) is 10.8. The second-order valence-electron chi connectivity index (χ2n) is 5.40. The Morgan fingerprint density at radius 1 is 1.44 bits per heavy atom. The number of carbonyl (C=O) groups excluding carboxylic acids is 1. The van der Waals surface area contributed by atoms with Gasteiger partial charge in [0.2, 0.25) is 5.91 Å². The van der Waals surface area contributed by atoms with E-state index in [2.05, 4.69) is 29.7 Å². The Bertz CT molecular complexity index is 458. The fourth-order valence-electron chi connectivity index (χ4n) is 2.89. The van der Waals surface area contributed by atoms with Crippen molar-refractivity contribution >= 4 is 5.91 Å². The molecule has 3 atom stereocenters. The minimum Gasteiger partial charge on any atom is -0.353 e. The normalized spacial score (nSPS) is 29.5. The van der Waals surface area contributed by atoms with Gasteiger partial charge >= 0.3 is 0 Å². The molecule has 2 N–H and O–H groups in total. The number of nitrogens with one attached hydrogen (secondary N) is 2. The van der Waals surface area contributed by atoms with E-state index in [1.54, 1.807) is 0 Å². The van der Waals surface area contributed by atoms with Gasteiger partial charge < -0.3 is 10.6 Å². The molecule has 3 nitrogen and oxygen atoms in total. The summed E-state index contributed by atoms with van der Waals surface area (Å²) in [4.78, 5) is 12.3. The van der Waals surface area contributed by atoms with Gasteiger partial charge in [0.25, 0.3) is 0 Å². The van der Waals surface area contributed by atoms with Gasteiger partial charge in [0.05, 0.1) is 5.92 Å². The van der Waals surface area contributed by atoms with Crippen molar-refractivity contribution in [3.05, 3.63) is 35.4 Å². The minimum absolute atomic E-state index is 0.0203. The highest BCUT2D eigenvalue weighted by molar-refractivity contribution is 5.85. The first kappa shape index (κ1) is 11.7. The van der Waals surface area contributed by atoms with Crippen LogP contribution in [0.1, 0.15) is 36.8 Å². The lowest BCUT2D eigenvalue weighted by atomic mass is 9.90. The maximum absolute atomic E-state index is 12.3. The van der Waals surface area contributed by atoms with Crippen molar-refractivity contribution in [3.8, 4) is 0 Å². The Labute approximate surface area is 108 Å². The predicted molar refractivity (Wildman–Crippen MR) is 71.2 cm³/mol. The molecule has 18 heavy (non-hydrogen) atoms. The van der Waals surface area contributed by atoms with Crippen molar-refractivity contribution in [2.75, 3.05) is 6.54 Å². The zero-order valence-corrected chi connectivity index (χ0v) is 10.8. The van der Waals surface area contributed by atoms with Crippen LogP contribution in [0.15, 0.2) is 24.3 Å². The largest absolute Gasteiger partial charge is 0.353 e. The monoisotopic (exact) mass is 244 g/mol. The van der Waals surface area contributed by atoms with Crippen LogP contribution >= 0.6 is 0 Å². The van der Waals surface area contributed by atoms with Crippen molar-refractivity contribution in [1.82, 2.24) is 10.6 Å². The third-order valence-electron chi connectivity index (χ3n) is 4.19. The molecule has 3 heteroatoms. The molecule has 3 rings (SSSR count). The smallest absolute Gasteiger partial charge is 0.229 e. The lowest BCUT2D eigenvalue weighted by Crippen LogP contribution is -2.40. The highest BCUT2D eigenvalue weighted by atomic mass is 16.2. The minimum atomic E-state index is -0.0203. The maximum Gasteiger partial charge on any atom is 0.229 e. The third kappa shape index (κ3) is 2.15. The molecule has 0 saturated heterocycles. The molecule has 0 aromatic heterocycles. The van der Waals surface area contributed by atoms with E-state index in [9.17, 15) is 4.79 Å². The Kier molecular flexibility index (Phi) is 3.08. The molecule has 96 valence electrons. The highest BCUT2D eigenvalue weighted by Gasteiger charge is 2.38. The van der Waals surface area contributed by atoms with Gasteiger partial charge in [-0.15, -0.1) is 0 Å². The summed E-state index contributed by atoms with van der Waals surface area (Å²) >= 11 is 0. The number of amides is 1. The van der Waals surface area contributed by atoms with Crippen molar-refractivity contribution in [2.45, 2.75) is 38.3 Å². The molecular weight excluding hydrogens is 224 g/mol. The first-order chi connectivity index (χ1) is 8.79. The van der Waals surface area contributed by atoms with Crippen LogP contribution in [0.3, 0.4) is 0 Å². The summed E-state index contributed by atoms with van der Waals surface area (Å²) in [6, 6.07) is 8.68. The Morgan fingerprint density at radius 2 is 2.28 bits per heavy atom. The molecule has 1 amide bonds. The molecule has 1 aliphatic heterocycles. The molecule has 0 bridgehead atoms. The van der Waals surface area contributed by atoms with E-state index >= 15 is 0 Å². The van der Waals surface area contributed by atoms with Gasteiger partial charge in [0.1, 0.15) is 0 Å². The van der Waals surface area contributed by atoms with E-state index in [-0.39, 0.29) is 11.8 Å². The molecular formula is C15H20N2O.